The van der Waals surface area contributed by atoms with Crippen molar-refractivity contribution in [1.82, 2.24) is 14.9 Å². The maximum Gasteiger partial charge on any atom is 0.179 e. The minimum Gasteiger partial charge on any atom is -0.493 e. The van der Waals surface area contributed by atoms with Gasteiger partial charge >= 0.3 is 0 Å². The van der Waals surface area contributed by atoms with Crippen molar-refractivity contribution in [3.63, 3.8) is 0 Å². The lowest BCUT2D eigenvalue weighted by Gasteiger charge is -2.13. The lowest BCUT2D eigenvalue weighted by atomic mass is 10.2. The Hall–Kier alpha value is -1.43. The lowest BCUT2D eigenvalue weighted by Crippen LogP contribution is -2.16. The van der Waals surface area contributed by atoms with Gasteiger partial charge in [-0.05, 0) is 37.6 Å². The number of nitrogens with one attached hydrogen (secondary N) is 1. The first-order valence-electron chi connectivity index (χ1n) is 7.40. The molecule has 1 aromatic heterocycles. The number of ether oxygens (including phenoxy) is 2. The number of aryl methyl sites for hydroxylation is 1. The summed E-state index contributed by atoms with van der Waals surface area (Å²) in [7, 11) is 1.62. The first-order valence-corrected chi connectivity index (χ1v) is 7.78. The molecular weight excluding hydrogens is 337 g/mol. The third-order valence-electron chi connectivity index (χ3n) is 3.24. The van der Waals surface area contributed by atoms with Crippen molar-refractivity contribution >= 4 is 24.0 Å². The van der Waals surface area contributed by atoms with Crippen LogP contribution in [0, 0.1) is 0 Å². The summed E-state index contributed by atoms with van der Waals surface area (Å²) in [6.07, 6.45) is 6.63. The quantitative estimate of drug-likeness (QED) is 0.695. The Morgan fingerprint density at radius 1 is 1.35 bits per heavy atom. The van der Waals surface area contributed by atoms with E-state index in [-0.39, 0.29) is 12.4 Å². The maximum atomic E-state index is 6.26. The van der Waals surface area contributed by atoms with Crippen LogP contribution in [0.1, 0.15) is 18.9 Å². The van der Waals surface area contributed by atoms with Crippen LogP contribution in [0.2, 0.25) is 5.02 Å². The molecule has 0 bridgehead atoms. The highest BCUT2D eigenvalue weighted by Gasteiger charge is 2.11. The number of halogens is 2. The molecule has 0 unspecified atom stereocenters. The van der Waals surface area contributed by atoms with E-state index < -0.39 is 0 Å². The van der Waals surface area contributed by atoms with E-state index in [0.717, 1.165) is 31.6 Å². The van der Waals surface area contributed by atoms with Crippen LogP contribution in [0.3, 0.4) is 0 Å². The molecule has 2 aromatic rings. The van der Waals surface area contributed by atoms with Gasteiger partial charge in [-0.3, -0.25) is 0 Å². The maximum absolute atomic E-state index is 6.26. The summed E-state index contributed by atoms with van der Waals surface area (Å²) in [6, 6.07) is 3.87. The summed E-state index contributed by atoms with van der Waals surface area (Å²) in [5.41, 5.74) is 1.08. The Morgan fingerprint density at radius 2 is 2.17 bits per heavy atom. The highest BCUT2D eigenvalue weighted by molar-refractivity contribution is 6.32. The van der Waals surface area contributed by atoms with Gasteiger partial charge < -0.3 is 19.4 Å². The molecule has 128 valence electrons. The number of nitrogens with zero attached hydrogens (tertiary/aromatic N) is 2. The van der Waals surface area contributed by atoms with E-state index in [1.807, 2.05) is 31.6 Å². The second-order valence-electron chi connectivity index (χ2n) is 4.87. The topological polar surface area (TPSA) is 48.3 Å². The molecule has 2 rings (SSSR count). The van der Waals surface area contributed by atoms with E-state index in [1.165, 1.54) is 0 Å². The van der Waals surface area contributed by atoms with Crippen molar-refractivity contribution in [3.05, 3.63) is 41.4 Å². The SMILES string of the molecule is CCOc1c(Cl)cc(CNCCCn2ccnc2)cc1OC.Cl. The first-order chi connectivity index (χ1) is 10.7. The first kappa shape index (κ1) is 19.6. The average Bonchev–Trinajstić information content (AvgIpc) is 3.02. The Labute approximate surface area is 148 Å². The van der Waals surface area contributed by atoms with Gasteiger partial charge in [0.1, 0.15) is 0 Å². The van der Waals surface area contributed by atoms with E-state index in [2.05, 4.69) is 14.9 Å². The molecule has 1 N–H and O–H groups in total. The summed E-state index contributed by atoms with van der Waals surface area (Å²) < 4.78 is 12.9. The zero-order valence-electron chi connectivity index (χ0n) is 13.4. The van der Waals surface area contributed by atoms with Crippen LogP contribution < -0.4 is 14.8 Å². The second kappa shape index (κ2) is 10.4. The minimum absolute atomic E-state index is 0. The molecule has 0 aliphatic heterocycles. The van der Waals surface area contributed by atoms with E-state index >= 15 is 0 Å². The van der Waals surface area contributed by atoms with Crippen LogP contribution in [0.25, 0.3) is 0 Å². The normalized spacial score (nSPS) is 10.2. The number of rotatable bonds is 9. The Morgan fingerprint density at radius 3 is 2.83 bits per heavy atom. The molecule has 23 heavy (non-hydrogen) atoms. The van der Waals surface area contributed by atoms with Gasteiger partial charge in [0.15, 0.2) is 11.5 Å². The Bertz CT molecular complexity index is 577. The van der Waals surface area contributed by atoms with Crippen LogP contribution in [-0.4, -0.2) is 29.8 Å². The van der Waals surface area contributed by atoms with E-state index in [1.54, 1.807) is 13.3 Å². The Kier molecular flexibility index (Phi) is 8.84. The van der Waals surface area contributed by atoms with Crippen LogP contribution in [-0.2, 0) is 13.1 Å². The van der Waals surface area contributed by atoms with Crippen molar-refractivity contribution in [3.8, 4) is 11.5 Å². The van der Waals surface area contributed by atoms with Gasteiger partial charge in [0, 0.05) is 25.5 Å². The third kappa shape index (κ3) is 5.94. The Balaban J connectivity index is 0.00000264. The standard InChI is InChI=1S/C16H22ClN3O2.ClH/c1-3-22-16-14(17)9-13(10-15(16)21-2)11-18-5-4-7-20-8-6-19-12-20;/h6,8-10,12,18H,3-5,7,11H2,1-2H3;1H. The number of methoxy groups -OCH3 is 1. The second-order valence-corrected chi connectivity index (χ2v) is 5.28. The van der Waals surface area contributed by atoms with Crippen LogP contribution >= 0.6 is 24.0 Å². The van der Waals surface area contributed by atoms with Gasteiger partial charge in [-0.1, -0.05) is 11.6 Å². The number of benzene rings is 1. The van der Waals surface area contributed by atoms with Crippen molar-refractivity contribution in [2.75, 3.05) is 20.3 Å². The lowest BCUT2D eigenvalue weighted by molar-refractivity contribution is 0.311. The minimum atomic E-state index is 0. The van der Waals surface area contributed by atoms with Crippen molar-refractivity contribution < 1.29 is 9.47 Å². The summed E-state index contributed by atoms with van der Waals surface area (Å²) in [5.74, 6) is 1.28. The fourth-order valence-corrected chi connectivity index (χ4v) is 2.49. The summed E-state index contributed by atoms with van der Waals surface area (Å²) in [4.78, 5) is 4.02. The molecule has 0 fully saturated rings. The smallest absolute Gasteiger partial charge is 0.179 e. The highest BCUT2D eigenvalue weighted by atomic mass is 35.5. The third-order valence-corrected chi connectivity index (χ3v) is 3.52. The number of hydrogen-bond acceptors (Lipinski definition) is 4. The molecular formula is C16H23Cl2N3O2. The average molecular weight is 360 g/mol. The molecule has 1 heterocycles. The predicted octanol–water partition coefficient (Wildman–Crippen LogP) is 3.55. The van der Waals surface area contributed by atoms with Crippen molar-refractivity contribution in [2.45, 2.75) is 26.4 Å². The zero-order valence-corrected chi connectivity index (χ0v) is 15.0. The van der Waals surface area contributed by atoms with Crippen molar-refractivity contribution in [1.29, 1.82) is 0 Å². The summed E-state index contributed by atoms with van der Waals surface area (Å²) >= 11 is 6.26. The molecule has 1 aromatic carbocycles. The largest absolute Gasteiger partial charge is 0.493 e. The molecule has 0 aliphatic carbocycles. The molecule has 0 saturated heterocycles. The molecule has 0 amide bonds. The van der Waals surface area contributed by atoms with Crippen molar-refractivity contribution in [2.24, 2.45) is 0 Å². The van der Waals surface area contributed by atoms with Gasteiger partial charge in [-0.25, -0.2) is 4.98 Å². The van der Waals surface area contributed by atoms with Crippen LogP contribution in [0.4, 0.5) is 0 Å². The predicted molar refractivity (Wildman–Crippen MR) is 95.0 cm³/mol. The molecule has 0 atom stereocenters. The van der Waals surface area contributed by atoms with E-state index in [4.69, 9.17) is 21.1 Å². The van der Waals surface area contributed by atoms with Gasteiger partial charge in [-0.2, -0.15) is 0 Å². The molecule has 0 spiro atoms. The molecule has 0 radical (unpaired) electrons. The molecule has 0 saturated carbocycles. The molecule has 5 nitrogen and oxygen atoms in total. The van der Waals surface area contributed by atoms with E-state index in [9.17, 15) is 0 Å². The van der Waals surface area contributed by atoms with E-state index in [0.29, 0.717) is 23.1 Å². The summed E-state index contributed by atoms with van der Waals surface area (Å²) in [5, 5.41) is 3.99. The van der Waals surface area contributed by atoms with Gasteiger partial charge in [0.2, 0.25) is 0 Å². The number of imidazole rings is 1. The molecule has 7 heteroatoms. The fourth-order valence-electron chi connectivity index (χ4n) is 2.20. The summed E-state index contributed by atoms with van der Waals surface area (Å²) in [6.45, 7) is 5.10. The zero-order chi connectivity index (χ0) is 15.8. The monoisotopic (exact) mass is 359 g/mol. The van der Waals surface area contributed by atoms with Gasteiger partial charge in [0.05, 0.1) is 25.1 Å². The molecule has 0 aliphatic rings. The van der Waals surface area contributed by atoms with Gasteiger partial charge in [-0.15, -0.1) is 12.4 Å². The van der Waals surface area contributed by atoms with Crippen LogP contribution in [0.5, 0.6) is 11.5 Å². The van der Waals surface area contributed by atoms with Gasteiger partial charge in [0.25, 0.3) is 0 Å². The van der Waals surface area contributed by atoms with Crippen LogP contribution in [0.15, 0.2) is 30.9 Å². The number of aromatic nitrogens is 2. The number of hydrogen-bond donors (Lipinski definition) is 1. The highest BCUT2D eigenvalue weighted by Crippen LogP contribution is 2.36. The fraction of sp³-hybridized carbons (Fsp3) is 0.438.